The van der Waals surface area contributed by atoms with Gasteiger partial charge in [-0.2, -0.15) is 0 Å². The van der Waals surface area contributed by atoms with Gasteiger partial charge in [-0.1, -0.05) is 51.1 Å². The molecule has 0 aliphatic heterocycles. The summed E-state index contributed by atoms with van der Waals surface area (Å²) in [6, 6.07) is 8.90. The molecule has 1 amide bonds. The van der Waals surface area contributed by atoms with Gasteiger partial charge in [-0.25, -0.2) is 0 Å². The van der Waals surface area contributed by atoms with Crippen LogP contribution in [0, 0.1) is 0 Å². The van der Waals surface area contributed by atoms with Crippen molar-refractivity contribution in [2.24, 2.45) is 5.73 Å². The molecule has 1 atom stereocenters. The van der Waals surface area contributed by atoms with Gasteiger partial charge in [-0.3, -0.25) is 4.79 Å². The zero-order chi connectivity index (χ0) is 13.6. The van der Waals surface area contributed by atoms with Crippen molar-refractivity contribution in [3.05, 3.63) is 35.9 Å². The third-order valence-corrected chi connectivity index (χ3v) is 3.86. The van der Waals surface area contributed by atoms with Crippen molar-refractivity contribution >= 4 is 5.91 Å². The number of nitrogens with one attached hydrogen (secondary N) is 1. The Kier molecular flexibility index (Phi) is 5.35. The molecule has 3 N–H and O–H groups in total. The molecule has 1 rings (SSSR count). The number of rotatable bonds is 6. The Labute approximate surface area is 110 Å². The van der Waals surface area contributed by atoms with E-state index < -0.39 is 6.04 Å². The lowest BCUT2D eigenvalue weighted by molar-refractivity contribution is -0.124. The molecule has 0 aromatic heterocycles. The Morgan fingerprint density at radius 1 is 1.17 bits per heavy atom. The highest BCUT2D eigenvalue weighted by Crippen LogP contribution is 2.21. The van der Waals surface area contributed by atoms with E-state index >= 15 is 0 Å². The van der Waals surface area contributed by atoms with Gasteiger partial charge in [0.05, 0.1) is 0 Å². The largest absolute Gasteiger partial charge is 0.349 e. The van der Waals surface area contributed by atoms with Crippen molar-refractivity contribution in [1.29, 1.82) is 0 Å². The standard InChI is InChI=1S/C15H24N2O/c1-4-15(5-2,6-3)17-14(18)13(16)12-10-8-7-9-11-12/h7-11,13H,4-6,16H2,1-3H3,(H,17,18)/t13-/m0/s1. The predicted molar refractivity (Wildman–Crippen MR) is 75.1 cm³/mol. The first-order valence-corrected chi connectivity index (χ1v) is 6.71. The topological polar surface area (TPSA) is 55.1 Å². The third-order valence-electron chi connectivity index (χ3n) is 3.86. The molecule has 0 bridgehead atoms. The van der Waals surface area contributed by atoms with Crippen LogP contribution >= 0.6 is 0 Å². The molecule has 0 spiro atoms. The Morgan fingerprint density at radius 3 is 2.11 bits per heavy atom. The summed E-state index contributed by atoms with van der Waals surface area (Å²) in [5.41, 5.74) is 6.73. The third kappa shape index (κ3) is 3.33. The summed E-state index contributed by atoms with van der Waals surface area (Å²) in [4.78, 5) is 12.2. The van der Waals surface area contributed by atoms with Crippen LogP contribution in [0.2, 0.25) is 0 Å². The summed E-state index contributed by atoms with van der Waals surface area (Å²) >= 11 is 0. The molecule has 18 heavy (non-hydrogen) atoms. The van der Waals surface area contributed by atoms with Gasteiger partial charge in [-0.05, 0) is 24.8 Å². The second-order valence-electron chi connectivity index (χ2n) is 4.72. The first-order chi connectivity index (χ1) is 8.58. The van der Waals surface area contributed by atoms with Crippen LogP contribution in [0.25, 0.3) is 0 Å². The van der Waals surface area contributed by atoms with E-state index in [4.69, 9.17) is 5.73 Å². The highest BCUT2D eigenvalue weighted by atomic mass is 16.2. The SMILES string of the molecule is CCC(CC)(CC)NC(=O)[C@@H](N)c1ccccc1. The zero-order valence-corrected chi connectivity index (χ0v) is 11.6. The Bertz CT molecular complexity index is 363. The minimum Gasteiger partial charge on any atom is -0.349 e. The summed E-state index contributed by atoms with van der Waals surface area (Å²) in [6.45, 7) is 6.30. The summed E-state index contributed by atoms with van der Waals surface area (Å²) in [5, 5.41) is 3.11. The second-order valence-corrected chi connectivity index (χ2v) is 4.72. The molecule has 3 nitrogen and oxygen atoms in total. The second kappa shape index (κ2) is 6.55. The average Bonchev–Trinajstić information content (AvgIpc) is 2.45. The summed E-state index contributed by atoms with van der Waals surface area (Å²) in [6.07, 6.45) is 2.77. The fourth-order valence-corrected chi connectivity index (χ4v) is 2.17. The molecule has 0 aliphatic carbocycles. The van der Waals surface area contributed by atoms with E-state index in [-0.39, 0.29) is 11.4 Å². The number of hydrogen-bond donors (Lipinski definition) is 2. The van der Waals surface area contributed by atoms with Gasteiger partial charge in [0.1, 0.15) is 6.04 Å². The first kappa shape index (κ1) is 14.7. The fraction of sp³-hybridized carbons (Fsp3) is 0.533. The first-order valence-electron chi connectivity index (χ1n) is 6.71. The Hall–Kier alpha value is -1.35. The van der Waals surface area contributed by atoms with Crippen LogP contribution in [-0.4, -0.2) is 11.4 Å². The quantitative estimate of drug-likeness (QED) is 0.813. The van der Waals surface area contributed by atoms with E-state index in [9.17, 15) is 4.79 Å². The van der Waals surface area contributed by atoms with E-state index in [0.717, 1.165) is 24.8 Å². The molecule has 100 valence electrons. The van der Waals surface area contributed by atoms with Crippen molar-refractivity contribution in [3.63, 3.8) is 0 Å². The van der Waals surface area contributed by atoms with Crippen molar-refractivity contribution in [2.45, 2.75) is 51.6 Å². The predicted octanol–water partition coefficient (Wildman–Crippen LogP) is 2.77. The molecule has 0 fully saturated rings. The molecular formula is C15H24N2O. The van der Waals surface area contributed by atoms with E-state index in [0.29, 0.717) is 0 Å². The van der Waals surface area contributed by atoms with Crippen LogP contribution < -0.4 is 11.1 Å². The molecule has 0 heterocycles. The Balaban J connectivity index is 2.76. The molecule has 0 aliphatic rings. The van der Waals surface area contributed by atoms with Crippen LogP contribution in [0.15, 0.2) is 30.3 Å². The van der Waals surface area contributed by atoms with Gasteiger partial charge >= 0.3 is 0 Å². The monoisotopic (exact) mass is 248 g/mol. The minimum atomic E-state index is -0.588. The summed E-state index contributed by atoms with van der Waals surface area (Å²) < 4.78 is 0. The normalized spacial score (nSPS) is 13.1. The molecule has 3 heteroatoms. The summed E-state index contributed by atoms with van der Waals surface area (Å²) in [5.74, 6) is -0.0910. The maximum absolute atomic E-state index is 12.2. The van der Waals surface area contributed by atoms with Crippen LogP contribution in [0.5, 0.6) is 0 Å². The van der Waals surface area contributed by atoms with E-state index in [1.54, 1.807) is 0 Å². The maximum atomic E-state index is 12.2. The summed E-state index contributed by atoms with van der Waals surface area (Å²) in [7, 11) is 0. The Morgan fingerprint density at radius 2 is 1.67 bits per heavy atom. The lowest BCUT2D eigenvalue weighted by Crippen LogP contribution is -2.50. The van der Waals surface area contributed by atoms with Gasteiger partial charge in [0, 0.05) is 5.54 Å². The maximum Gasteiger partial charge on any atom is 0.241 e. The van der Waals surface area contributed by atoms with Crippen LogP contribution in [0.3, 0.4) is 0 Å². The number of nitrogens with two attached hydrogens (primary N) is 1. The van der Waals surface area contributed by atoms with Gasteiger partial charge in [0.15, 0.2) is 0 Å². The molecule has 1 aromatic rings. The number of carbonyl (C=O) groups is 1. The molecule has 1 aromatic carbocycles. The van der Waals surface area contributed by atoms with Crippen LogP contribution in [0.4, 0.5) is 0 Å². The average molecular weight is 248 g/mol. The van der Waals surface area contributed by atoms with E-state index in [1.807, 2.05) is 30.3 Å². The number of benzene rings is 1. The lowest BCUT2D eigenvalue weighted by atomic mass is 9.89. The van der Waals surface area contributed by atoms with Crippen LogP contribution in [0.1, 0.15) is 51.6 Å². The number of hydrogen-bond acceptors (Lipinski definition) is 2. The highest BCUT2D eigenvalue weighted by molar-refractivity contribution is 5.83. The molecule has 0 saturated heterocycles. The molecule has 0 saturated carbocycles. The van der Waals surface area contributed by atoms with Crippen molar-refractivity contribution < 1.29 is 4.79 Å². The van der Waals surface area contributed by atoms with Crippen molar-refractivity contribution in [3.8, 4) is 0 Å². The smallest absolute Gasteiger partial charge is 0.241 e. The fourth-order valence-electron chi connectivity index (χ4n) is 2.17. The molecule has 0 unspecified atom stereocenters. The van der Waals surface area contributed by atoms with Crippen molar-refractivity contribution in [1.82, 2.24) is 5.32 Å². The lowest BCUT2D eigenvalue weighted by Gasteiger charge is -2.33. The number of carbonyl (C=O) groups excluding carboxylic acids is 1. The zero-order valence-electron chi connectivity index (χ0n) is 11.6. The van der Waals surface area contributed by atoms with E-state index in [1.165, 1.54) is 0 Å². The highest BCUT2D eigenvalue weighted by Gasteiger charge is 2.28. The minimum absolute atomic E-state index is 0.0910. The van der Waals surface area contributed by atoms with Gasteiger partial charge in [0.25, 0.3) is 0 Å². The van der Waals surface area contributed by atoms with Gasteiger partial charge in [0.2, 0.25) is 5.91 Å². The number of amides is 1. The van der Waals surface area contributed by atoms with Gasteiger partial charge < -0.3 is 11.1 Å². The van der Waals surface area contributed by atoms with Crippen LogP contribution in [-0.2, 0) is 4.79 Å². The molecular weight excluding hydrogens is 224 g/mol. The molecule has 0 radical (unpaired) electrons. The van der Waals surface area contributed by atoms with Crippen molar-refractivity contribution in [2.75, 3.05) is 0 Å². The van der Waals surface area contributed by atoms with E-state index in [2.05, 4.69) is 26.1 Å². The van der Waals surface area contributed by atoms with Gasteiger partial charge in [-0.15, -0.1) is 0 Å².